The summed E-state index contributed by atoms with van der Waals surface area (Å²) in [6.45, 7) is 6.52. The Hall–Kier alpha value is -1.07. The molecule has 0 aromatic carbocycles. The van der Waals surface area contributed by atoms with Gasteiger partial charge in [0, 0.05) is 25.1 Å². The number of hydrogen-bond acceptors (Lipinski definition) is 5. The number of thiophene rings is 1. The number of ether oxygens (including phenoxy) is 1. The van der Waals surface area contributed by atoms with Gasteiger partial charge in [0.2, 0.25) is 0 Å². The van der Waals surface area contributed by atoms with Crippen LogP contribution in [0.4, 0.5) is 10.7 Å². The normalized spacial score (nSPS) is 23.1. The van der Waals surface area contributed by atoms with E-state index in [0.29, 0.717) is 12.3 Å². The van der Waals surface area contributed by atoms with Crippen LogP contribution in [0.2, 0.25) is 0 Å². The van der Waals surface area contributed by atoms with Crippen molar-refractivity contribution in [2.45, 2.75) is 45.1 Å². The molecule has 1 aromatic rings. The van der Waals surface area contributed by atoms with E-state index in [9.17, 15) is 4.79 Å². The Kier molecular flexibility index (Phi) is 3.73. The van der Waals surface area contributed by atoms with E-state index in [1.54, 1.807) is 11.3 Å². The summed E-state index contributed by atoms with van der Waals surface area (Å²) >= 11 is 1.59. The van der Waals surface area contributed by atoms with E-state index in [1.165, 1.54) is 23.4 Å². The minimum absolute atomic E-state index is 0.168. The third kappa shape index (κ3) is 2.44. The predicted molar refractivity (Wildman–Crippen MR) is 83.0 cm³/mol. The molecular weight excluding hydrogens is 272 g/mol. The molecule has 0 amide bonds. The van der Waals surface area contributed by atoms with E-state index in [4.69, 9.17) is 10.5 Å². The Labute approximate surface area is 123 Å². The van der Waals surface area contributed by atoms with E-state index >= 15 is 0 Å². The van der Waals surface area contributed by atoms with E-state index in [1.807, 2.05) is 6.92 Å². The number of ketones is 1. The maximum atomic E-state index is 12.1. The van der Waals surface area contributed by atoms with E-state index in [0.717, 1.165) is 30.3 Å². The second kappa shape index (κ2) is 5.37. The zero-order valence-electron chi connectivity index (χ0n) is 12.1. The van der Waals surface area contributed by atoms with Crippen LogP contribution in [0.1, 0.15) is 54.3 Å². The van der Waals surface area contributed by atoms with Crippen molar-refractivity contribution in [2.24, 2.45) is 0 Å². The van der Waals surface area contributed by atoms with Crippen LogP contribution in [0.15, 0.2) is 0 Å². The Morgan fingerprint density at radius 2 is 2.25 bits per heavy atom. The SMILES string of the molecule is CCC(=O)c1sc(N2CCOC(C)C2)c(C2CC2)c1N. The quantitative estimate of drug-likeness (QED) is 0.867. The summed E-state index contributed by atoms with van der Waals surface area (Å²) < 4.78 is 5.62. The average molecular weight is 294 g/mol. The lowest BCUT2D eigenvalue weighted by atomic mass is 10.1. The highest BCUT2D eigenvalue weighted by Crippen LogP contribution is 2.52. The van der Waals surface area contributed by atoms with Crippen molar-refractivity contribution in [3.05, 3.63) is 10.4 Å². The zero-order chi connectivity index (χ0) is 14.3. The van der Waals surface area contributed by atoms with Crippen LogP contribution in [0.5, 0.6) is 0 Å². The molecular formula is C15H22N2O2S. The van der Waals surface area contributed by atoms with Gasteiger partial charge in [0.25, 0.3) is 0 Å². The van der Waals surface area contributed by atoms with Crippen molar-refractivity contribution in [3.63, 3.8) is 0 Å². The van der Waals surface area contributed by atoms with Crippen LogP contribution in [0.3, 0.4) is 0 Å². The second-order valence-corrected chi connectivity index (χ2v) is 6.74. The Balaban J connectivity index is 1.98. The van der Waals surface area contributed by atoms with Gasteiger partial charge in [0.05, 0.1) is 28.3 Å². The van der Waals surface area contributed by atoms with Gasteiger partial charge in [0.1, 0.15) is 0 Å². The first-order valence-electron chi connectivity index (χ1n) is 7.43. The molecule has 0 spiro atoms. The summed E-state index contributed by atoms with van der Waals surface area (Å²) in [5.74, 6) is 0.736. The van der Waals surface area contributed by atoms with Crippen molar-refractivity contribution in [1.29, 1.82) is 0 Å². The third-order valence-corrected chi connectivity index (χ3v) is 5.38. The fourth-order valence-corrected chi connectivity index (χ4v) is 4.17. The summed E-state index contributed by atoms with van der Waals surface area (Å²) in [7, 11) is 0. The molecule has 1 saturated heterocycles. The van der Waals surface area contributed by atoms with Gasteiger partial charge >= 0.3 is 0 Å². The number of Topliss-reactive ketones (excluding diaryl/α,β-unsaturated/α-hetero) is 1. The number of morpholine rings is 1. The zero-order valence-corrected chi connectivity index (χ0v) is 13.0. The van der Waals surface area contributed by atoms with Crippen LogP contribution in [-0.4, -0.2) is 31.6 Å². The van der Waals surface area contributed by atoms with Crippen LogP contribution in [0.25, 0.3) is 0 Å². The molecule has 2 fully saturated rings. The number of carbonyl (C=O) groups excluding carboxylic acids is 1. The van der Waals surface area contributed by atoms with E-state index in [2.05, 4.69) is 11.8 Å². The molecule has 4 nitrogen and oxygen atoms in total. The minimum Gasteiger partial charge on any atom is -0.397 e. The minimum atomic E-state index is 0.168. The lowest BCUT2D eigenvalue weighted by Crippen LogP contribution is -2.41. The first-order chi connectivity index (χ1) is 9.61. The molecule has 0 bridgehead atoms. The first-order valence-corrected chi connectivity index (χ1v) is 8.25. The molecule has 0 radical (unpaired) electrons. The van der Waals surface area contributed by atoms with E-state index < -0.39 is 0 Å². The van der Waals surface area contributed by atoms with Crippen molar-refractivity contribution in [3.8, 4) is 0 Å². The number of rotatable bonds is 4. The lowest BCUT2D eigenvalue weighted by Gasteiger charge is -2.32. The fraction of sp³-hybridized carbons (Fsp3) is 0.667. The van der Waals surface area contributed by atoms with Gasteiger partial charge in [-0.15, -0.1) is 11.3 Å². The molecule has 1 aliphatic heterocycles. The summed E-state index contributed by atoms with van der Waals surface area (Å²) in [5.41, 5.74) is 8.28. The smallest absolute Gasteiger partial charge is 0.174 e. The number of hydrogen-bond donors (Lipinski definition) is 1. The molecule has 1 aromatic heterocycles. The highest BCUT2D eigenvalue weighted by atomic mass is 32.1. The molecule has 3 rings (SSSR count). The largest absolute Gasteiger partial charge is 0.397 e. The molecule has 110 valence electrons. The summed E-state index contributed by atoms with van der Waals surface area (Å²) in [6.07, 6.45) is 3.17. The predicted octanol–water partition coefficient (Wildman–Crippen LogP) is 3.03. The third-order valence-electron chi connectivity index (χ3n) is 4.05. The maximum absolute atomic E-state index is 12.1. The van der Waals surface area contributed by atoms with Gasteiger partial charge in [-0.3, -0.25) is 4.79 Å². The van der Waals surface area contributed by atoms with Crippen LogP contribution in [-0.2, 0) is 4.74 Å². The molecule has 2 aliphatic rings. The van der Waals surface area contributed by atoms with Gasteiger partial charge in [-0.1, -0.05) is 6.92 Å². The maximum Gasteiger partial charge on any atom is 0.174 e. The molecule has 1 saturated carbocycles. The summed E-state index contributed by atoms with van der Waals surface area (Å²) in [4.78, 5) is 15.2. The number of nitrogens with zero attached hydrogens (tertiary/aromatic N) is 1. The van der Waals surface area contributed by atoms with Crippen LogP contribution >= 0.6 is 11.3 Å². The average Bonchev–Trinajstić information content (AvgIpc) is 3.21. The van der Waals surface area contributed by atoms with Gasteiger partial charge in [-0.2, -0.15) is 0 Å². The fourth-order valence-electron chi connectivity index (χ4n) is 2.82. The molecule has 1 aliphatic carbocycles. The molecule has 1 unspecified atom stereocenters. The highest BCUT2D eigenvalue weighted by Gasteiger charge is 2.35. The lowest BCUT2D eigenvalue weighted by molar-refractivity contribution is 0.0534. The monoisotopic (exact) mass is 294 g/mol. The van der Waals surface area contributed by atoms with Crippen LogP contribution in [0, 0.1) is 0 Å². The van der Waals surface area contributed by atoms with Crippen LogP contribution < -0.4 is 10.6 Å². The number of carbonyl (C=O) groups is 1. The first kappa shape index (κ1) is 13.9. The van der Waals surface area contributed by atoms with Gasteiger partial charge in [-0.25, -0.2) is 0 Å². The number of anilines is 2. The van der Waals surface area contributed by atoms with Crippen molar-refractivity contribution < 1.29 is 9.53 Å². The molecule has 2 heterocycles. The number of nitrogens with two attached hydrogens (primary N) is 1. The molecule has 1 atom stereocenters. The molecule has 2 N–H and O–H groups in total. The number of nitrogen functional groups attached to an aromatic ring is 1. The Bertz CT molecular complexity index is 522. The summed E-state index contributed by atoms with van der Waals surface area (Å²) in [5, 5.41) is 1.22. The Morgan fingerprint density at radius 3 is 2.85 bits per heavy atom. The van der Waals surface area contributed by atoms with Gasteiger partial charge in [0.15, 0.2) is 5.78 Å². The van der Waals surface area contributed by atoms with Crippen molar-refractivity contribution in [2.75, 3.05) is 30.3 Å². The molecule has 20 heavy (non-hydrogen) atoms. The Morgan fingerprint density at radius 1 is 1.50 bits per heavy atom. The summed E-state index contributed by atoms with van der Waals surface area (Å²) in [6, 6.07) is 0. The second-order valence-electron chi connectivity index (χ2n) is 5.74. The van der Waals surface area contributed by atoms with Crippen molar-refractivity contribution >= 4 is 27.8 Å². The van der Waals surface area contributed by atoms with E-state index in [-0.39, 0.29) is 11.9 Å². The van der Waals surface area contributed by atoms with Crippen molar-refractivity contribution in [1.82, 2.24) is 0 Å². The molecule has 5 heteroatoms. The standard InChI is InChI=1S/C15H22N2O2S/c1-3-11(18)14-13(16)12(10-4-5-10)15(20-14)17-6-7-19-9(2)8-17/h9-10H,3-8,16H2,1-2H3. The highest BCUT2D eigenvalue weighted by molar-refractivity contribution is 7.19. The topological polar surface area (TPSA) is 55.6 Å². The van der Waals surface area contributed by atoms with Gasteiger partial charge in [-0.05, 0) is 25.7 Å². The van der Waals surface area contributed by atoms with Gasteiger partial charge < -0.3 is 15.4 Å².